The minimum atomic E-state index is 0. The van der Waals surface area contributed by atoms with Crippen molar-refractivity contribution in [3.05, 3.63) is 36.2 Å². The zero-order valence-corrected chi connectivity index (χ0v) is 23.0. The van der Waals surface area contributed by atoms with Crippen LogP contribution in [0.1, 0.15) is 75.7 Å². The van der Waals surface area contributed by atoms with Crippen LogP contribution in [0.2, 0.25) is 0 Å². The number of hydrogen-bond donors (Lipinski definition) is 2. The zero-order chi connectivity index (χ0) is 18.8. The van der Waals surface area contributed by atoms with Crippen molar-refractivity contribution in [3.8, 4) is 0 Å². The molecule has 0 atom stereocenters. The summed E-state index contributed by atoms with van der Waals surface area (Å²) in [5, 5.41) is 5.90. The summed E-state index contributed by atoms with van der Waals surface area (Å²) >= 11 is 1.47. The molecule has 0 amide bonds. The van der Waals surface area contributed by atoms with Gasteiger partial charge in [0, 0.05) is 40.2 Å². The molecule has 0 aromatic heterocycles. The van der Waals surface area contributed by atoms with E-state index in [4.69, 9.17) is 6.58 Å². The second-order valence-corrected chi connectivity index (χ2v) is 3.92. The van der Waals surface area contributed by atoms with Crippen molar-refractivity contribution in [2.75, 3.05) is 14.1 Å². The van der Waals surface area contributed by atoms with Gasteiger partial charge in [0.1, 0.15) is 0 Å². The van der Waals surface area contributed by atoms with Gasteiger partial charge in [-0.2, -0.15) is 0 Å². The van der Waals surface area contributed by atoms with Gasteiger partial charge < -0.3 is 5.32 Å². The van der Waals surface area contributed by atoms with Crippen LogP contribution in [0, 0.1) is 6.58 Å². The molecule has 4 heteroatoms. The Morgan fingerprint density at radius 2 is 1.50 bits per heavy atom. The molecule has 0 aliphatic heterocycles. The summed E-state index contributed by atoms with van der Waals surface area (Å²) in [6.45, 7) is 21.4. The summed E-state index contributed by atoms with van der Waals surface area (Å²) in [5.74, 6) is 0. The molecule has 0 spiro atoms. The van der Waals surface area contributed by atoms with Crippen LogP contribution in [0.15, 0.2) is 29.6 Å². The molecule has 2 nitrogen and oxygen atoms in total. The Labute approximate surface area is 180 Å². The van der Waals surface area contributed by atoms with E-state index in [2.05, 4.69) is 33.3 Å². The Morgan fingerprint density at radius 1 is 1.08 bits per heavy atom. The van der Waals surface area contributed by atoms with Gasteiger partial charge in [-0.25, -0.2) is 0 Å². The summed E-state index contributed by atoms with van der Waals surface area (Å²) in [6, 6.07) is 0. The average molecular weight is 681 g/mol. The van der Waals surface area contributed by atoms with Crippen LogP contribution in [0.3, 0.4) is 0 Å². The quantitative estimate of drug-likeness (QED) is 0.354. The second-order valence-electron chi connectivity index (χ2n) is 2.72. The van der Waals surface area contributed by atoms with Gasteiger partial charge in [-0.05, 0) is 6.08 Å². The van der Waals surface area contributed by atoms with Gasteiger partial charge in [0.05, 0.1) is 0 Å². The van der Waals surface area contributed by atoms with E-state index in [0.29, 0.717) is 0 Å². The second kappa shape index (κ2) is 56.8. The SMILES string of the molecule is C.CC.CC.CC.CC.CNC1=CC=CC1.[CH-]=C(C[CH]=[W])NC.[W]. The fourth-order valence-electron chi connectivity index (χ4n) is 0.824. The Bertz CT molecular complexity index is 248. The largest absolute Gasteiger partial charge is 0 e. The van der Waals surface area contributed by atoms with Gasteiger partial charge in [-0.1, -0.05) is 75.0 Å². The van der Waals surface area contributed by atoms with E-state index in [1.807, 2.05) is 69.5 Å². The molecule has 1 aliphatic carbocycles. The predicted molar refractivity (Wildman–Crippen MR) is 111 cm³/mol. The van der Waals surface area contributed by atoms with E-state index in [-0.39, 0.29) is 28.5 Å². The Kier molecular flexibility index (Phi) is 104. The van der Waals surface area contributed by atoms with E-state index in [1.54, 1.807) is 0 Å². The van der Waals surface area contributed by atoms with Gasteiger partial charge in [-0.15, -0.1) is 0 Å². The molecule has 0 aromatic carbocycles. The fourth-order valence-corrected chi connectivity index (χ4v) is 1.47. The van der Waals surface area contributed by atoms with Gasteiger partial charge in [0.2, 0.25) is 0 Å². The van der Waals surface area contributed by atoms with Crippen molar-refractivity contribution >= 4 is 4.40 Å². The van der Waals surface area contributed by atoms with Crippen LogP contribution in [-0.2, 0) is 40.4 Å². The molecular weight excluding hydrogens is 636 g/mol. The summed E-state index contributed by atoms with van der Waals surface area (Å²) in [5.41, 5.74) is 2.15. The van der Waals surface area contributed by atoms with E-state index in [9.17, 15) is 0 Å². The predicted octanol–water partition coefficient (Wildman–Crippen LogP) is 6.05. The maximum absolute atomic E-state index is 5.37. The van der Waals surface area contributed by atoms with Crippen LogP contribution in [-0.4, -0.2) is 18.5 Å². The van der Waals surface area contributed by atoms with Crippen molar-refractivity contribution in [2.24, 2.45) is 0 Å². The van der Waals surface area contributed by atoms with Crippen molar-refractivity contribution in [1.29, 1.82) is 0 Å². The molecular formula is C20H45N2W2-. The van der Waals surface area contributed by atoms with Crippen LogP contribution >= 0.6 is 0 Å². The first kappa shape index (κ1) is 44.0. The van der Waals surface area contributed by atoms with Gasteiger partial charge >= 0.3 is 54.8 Å². The fraction of sp³-hybridized carbons (Fsp3) is 0.650. The van der Waals surface area contributed by atoms with Crippen LogP contribution in [0.4, 0.5) is 0 Å². The summed E-state index contributed by atoms with van der Waals surface area (Å²) < 4.78 is 2.09. The average Bonchev–Trinajstić information content (AvgIpc) is 3.16. The van der Waals surface area contributed by atoms with E-state index in [1.165, 1.54) is 25.1 Å². The number of allylic oxidation sites excluding steroid dienone is 4. The zero-order valence-electron chi connectivity index (χ0n) is 17.1. The number of nitrogens with one attached hydrogen (secondary N) is 2. The smallest absolute Gasteiger partial charge is 0 e. The molecule has 0 aromatic rings. The first-order chi connectivity index (χ1) is 10.7. The van der Waals surface area contributed by atoms with Gasteiger partial charge in [0.15, 0.2) is 0 Å². The number of rotatable bonds is 4. The van der Waals surface area contributed by atoms with Crippen LogP contribution < -0.4 is 10.6 Å². The molecule has 0 unspecified atom stereocenters. The molecule has 0 saturated heterocycles. The van der Waals surface area contributed by atoms with Crippen molar-refractivity contribution in [1.82, 2.24) is 10.6 Å². The third-order valence-electron chi connectivity index (χ3n) is 1.72. The molecule has 2 N–H and O–H groups in total. The first-order valence-electron chi connectivity index (χ1n) is 8.50. The first-order valence-corrected chi connectivity index (χ1v) is 10.2. The molecule has 148 valence electrons. The molecule has 0 bridgehead atoms. The topological polar surface area (TPSA) is 24.1 Å². The summed E-state index contributed by atoms with van der Waals surface area (Å²) in [6.07, 6.45) is 8.25. The van der Waals surface area contributed by atoms with Crippen LogP contribution in [0.25, 0.3) is 0 Å². The van der Waals surface area contributed by atoms with Gasteiger partial charge in [-0.3, -0.25) is 0 Å². The molecule has 0 radical (unpaired) electrons. The van der Waals surface area contributed by atoms with Crippen LogP contribution in [0.5, 0.6) is 0 Å². The molecule has 0 heterocycles. The van der Waals surface area contributed by atoms with Crippen molar-refractivity contribution in [2.45, 2.75) is 75.7 Å². The minimum Gasteiger partial charge on any atom is 0 e. The third-order valence-corrected chi connectivity index (χ3v) is 2.32. The Balaban J connectivity index is -0.0000000322. The molecule has 1 aliphatic rings. The Morgan fingerprint density at radius 3 is 1.62 bits per heavy atom. The van der Waals surface area contributed by atoms with E-state index >= 15 is 0 Å². The van der Waals surface area contributed by atoms with E-state index < -0.39 is 0 Å². The summed E-state index contributed by atoms with van der Waals surface area (Å²) in [7, 11) is 3.77. The minimum absolute atomic E-state index is 0. The van der Waals surface area contributed by atoms with Crippen molar-refractivity contribution in [3.63, 3.8) is 0 Å². The van der Waals surface area contributed by atoms with Gasteiger partial charge in [0.25, 0.3) is 0 Å². The van der Waals surface area contributed by atoms with E-state index in [0.717, 1.165) is 18.5 Å². The normalized spacial score (nSPS) is 8.17. The summed E-state index contributed by atoms with van der Waals surface area (Å²) in [4.78, 5) is 0. The number of hydrogen-bond acceptors (Lipinski definition) is 2. The molecule has 24 heavy (non-hydrogen) atoms. The monoisotopic (exact) mass is 681 g/mol. The maximum Gasteiger partial charge on any atom is 0 e. The Hall–Kier alpha value is 0.0666. The molecule has 0 saturated carbocycles. The molecule has 0 fully saturated rings. The third kappa shape index (κ3) is 49.5. The maximum atomic E-state index is 5.37. The molecule has 1 rings (SSSR count). The standard InChI is InChI=1S/C6H9N.C5H8N.4C2H6.CH4.2W/c1-7-6-4-2-3-5-6;1-4-5(2)6-3;4*1-2;;;/h2-4,7H,5H2,1H3;1-2,6H,4H2,3H3;4*1-2H3;1H4;;/q;-1;;;;;;;. The van der Waals surface area contributed by atoms with Crippen molar-refractivity contribution < 1.29 is 40.4 Å².